The van der Waals surface area contributed by atoms with E-state index in [-0.39, 0.29) is 11.9 Å². The van der Waals surface area contributed by atoms with E-state index in [4.69, 9.17) is 14.3 Å². The topological polar surface area (TPSA) is 86.2 Å². The second kappa shape index (κ2) is 8.58. The van der Waals surface area contributed by atoms with Gasteiger partial charge in [-0.05, 0) is 45.0 Å². The van der Waals surface area contributed by atoms with E-state index in [1.54, 1.807) is 49.6 Å². The molecule has 0 bridgehead atoms. The summed E-state index contributed by atoms with van der Waals surface area (Å²) in [6.07, 6.45) is -0.0419. The van der Waals surface area contributed by atoms with E-state index in [2.05, 4.69) is 10.5 Å². The number of hydrogen-bond acceptors (Lipinski definition) is 6. The van der Waals surface area contributed by atoms with Gasteiger partial charge in [0.25, 0.3) is 11.5 Å². The highest BCUT2D eigenvalue weighted by atomic mass is 16.7. The number of ether oxygens (including phenoxy) is 2. The Balaban J connectivity index is 1.65. The molecule has 1 amide bonds. The predicted octanol–water partition coefficient (Wildman–Crippen LogP) is 4.87. The van der Waals surface area contributed by atoms with Crippen LogP contribution in [0.2, 0.25) is 0 Å². The van der Waals surface area contributed by atoms with Gasteiger partial charge in [0.1, 0.15) is 11.6 Å². The Hall–Kier alpha value is -4.13. The van der Waals surface area contributed by atoms with Crippen LogP contribution in [-0.4, -0.2) is 30.6 Å². The van der Waals surface area contributed by atoms with Crippen molar-refractivity contribution in [3.05, 3.63) is 89.0 Å². The molecule has 0 aromatic heterocycles. The van der Waals surface area contributed by atoms with Gasteiger partial charge < -0.3 is 19.6 Å². The minimum absolute atomic E-state index is 0.0419. The maximum Gasteiger partial charge on any atom is 0.277 e. The molecule has 2 atom stereocenters. The molecule has 0 fully saturated rings. The molecular formula is C28H26N2O5. The lowest BCUT2D eigenvalue weighted by Gasteiger charge is -2.27. The number of methoxy groups -OCH3 is 1. The predicted molar refractivity (Wildman–Crippen MR) is 132 cm³/mol. The molecule has 7 nitrogen and oxygen atoms in total. The molecule has 7 heteroatoms. The fourth-order valence-electron chi connectivity index (χ4n) is 4.64. The van der Waals surface area contributed by atoms with E-state index in [1.165, 1.54) is 0 Å². The van der Waals surface area contributed by atoms with Gasteiger partial charge in [-0.2, -0.15) is 0 Å². The second-order valence-corrected chi connectivity index (χ2v) is 9.00. The summed E-state index contributed by atoms with van der Waals surface area (Å²) in [5, 5.41) is 7.21. The van der Waals surface area contributed by atoms with Gasteiger partial charge in [0.05, 0.1) is 13.2 Å². The van der Waals surface area contributed by atoms with Gasteiger partial charge in [0.15, 0.2) is 17.3 Å². The Morgan fingerprint density at radius 2 is 1.80 bits per heavy atom. The van der Waals surface area contributed by atoms with Gasteiger partial charge in [-0.15, -0.1) is 0 Å². The van der Waals surface area contributed by atoms with Crippen molar-refractivity contribution in [2.45, 2.75) is 32.5 Å². The van der Waals surface area contributed by atoms with E-state index in [0.29, 0.717) is 39.6 Å². The lowest BCUT2D eigenvalue weighted by Crippen LogP contribution is -2.46. The van der Waals surface area contributed by atoms with Crippen molar-refractivity contribution in [2.24, 2.45) is 11.1 Å². The number of benzene rings is 3. The second-order valence-electron chi connectivity index (χ2n) is 9.00. The average molecular weight is 471 g/mol. The van der Waals surface area contributed by atoms with Crippen molar-refractivity contribution in [2.75, 3.05) is 12.4 Å². The van der Waals surface area contributed by atoms with Gasteiger partial charge in [0.2, 0.25) is 0 Å². The number of amides is 1. The summed E-state index contributed by atoms with van der Waals surface area (Å²) in [6.45, 7) is 5.81. The summed E-state index contributed by atoms with van der Waals surface area (Å²) < 4.78 is 11.4. The van der Waals surface area contributed by atoms with Crippen LogP contribution in [0.4, 0.5) is 5.69 Å². The van der Waals surface area contributed by atoms with Crippen molar-refractivity contribution in [3.63, 3.8) is 0 Å². The Morgan fingerprint density at radius 3 is 2.51 bits per heavy atom. The molecule has 0 saturated heterocycles. The number of Topliss-reactive ketones (excluding diaryl/α,β-unsaturated/α-hetero) is 1. The van der Waals surface area contributed by atoms with Crippen LogP contribution in [0.25, 0.3) is 0 Å². The average Bonchev–Trinajstić information content (AvgIpc) is 3.38. The van der Waals surface area contributed by atoms with Crippen LogP contribution in [0.3, 0.4) is 0 Å². The van der Waals surface area contributed by atoms with Crippen molar-refractivity contribution in [3.8, 4) is 11.5 Å². The van der Waals surface area contributed by atoms with Gasteiger partial charge >= 0.3 is 0 Å². The van der Waals surface area contributed by atoms with E-state index in [0.717, 1.165) is 5.56 Å². The largest absolute Gasteiger partial charge is 0.493 e. The number of hydrogen-bond donors (Lipinski definition) is 1. The van der Waals surface area contributed by atoms with Crippen LogP contribution < -0.4 is 14.8 Å². The minimum Gasteiger partial charge on any atom is -0.493 e. The number of aryl methyl sites for hydroxylation is 1. The summed E-state index contributed by atoms with van der Waals surface area (Å²) >= 11 is 0. The molecule has 2 heterocycles. The van der Waals surface area contributed by atoms with E-state index in [1.807, 2.05) is 45.0 Å². The third-order valence-corrected chi connectivity index (χ3v) is 6.30. The van der Waals surface area contributed by atoms with Gasteiger partial charge in [-0.25, -0.2) is 0 Å². The van der Waals surface area contributed by atoms with Crippen LogP contribution in [0.15, 0.2) is 71.9 Å². The van der Waals surface area contributed by atoms with Gasteiger partial charge in [-0.3, -0.25) is 9.59 Å². The first-order valence-corrected chi connectivity index (χ1v) is 11.5. The first kappa shape index (κ1) is 22.7. The minimum atomic E-state index is -1.60. The van der Waals surface area contributed by atoms with E-state index < -0.39 is 17.4 Å². The molecule has 0 unspecified atom stereocenters. The molecule has 178 valence electrons. The van der Waals surface area contributed by atoms with Crippen molar-refractivity contribution in [1.29, 1.82) is 0 Å². The Kier molecular flexibility index (Phi) is 5.55. The zero-order valence-corrected chi connectivity index (χ0v) is 20.0. The maximum atomic E-state index is 14.0. The Labute approximate surface area is 203 Å². The highest BCUT2D eigenvalue weighted by molar-refractivity contribution is 6.24. The highest BCUT2D eigenvalue weighted by Gasteiger charge is 2.63. The maximum absolute atomic E-state index is 14.0. The van der Waals surface area contributed by atoms with Crippen LogP contribution >= 0.6 is 0 Å². The fourth-order valence-corrected chi connectivity index (χ4v) is 4.64. The zero-order valence-electron chi connectivity index (χ0n) is 20.0. The van der Waals surface area contributed by atoms with Crippen LogP contribution in [0.1, 0.15) is 40.9 Å². The number of rotatable bonds is 6. The summed E-state index contributed by atoms with van der Waals surface area (Å²) in [5.74, 6) is -0.608. The smallest absolute Gasteiger partial charge is 0.277 e. The standard InChI is InChI=1S/C28H26N2O5/c1-16(2)34-22-14-13-19(15-23(22)33-4)25-24(26(31)18-11-9-17(3)10-12-18)28(35-30-25)20-7-5-6-8-21(20)29-27(28)32/h5-16,24H,1-4H3,(H,29,32)/t24-,28-/m0/s1. The van der Waals surface area contributed by atoms with E-state index >= 15 is 0 Å². The van der Waals surface area contributed by atoms with E-state index in [9.17, 15) is 9.59 Å². The lowest BCUT2D eigenvalue weighted by molar-refractivity contribution is -0.140. The third kappa shape index (κ3) is 3.64. The molecule has 2 aliphatic rings. The number of fused-ring (bicyclic) bond motifs is 2. The molecule has 35 heavy (non-hydrogen) atoms. The highest BCUT2D eigenvalue weighted by Crippen LogP contribution is 2.50. The monoisotopic (exact) mass is 470 g/mol. The normalized spacial score (nSPS) is 20.3. The SMILES string of the molecule is COc1cc(C2=NO[C@]3(C(=O)Nc4ccccc43)[C@@H]2C(=O)c2ccc(C)cc2)ccc1OC(C)C. The molecule has 1 spiro atoms. The van der Waals surface area contributed by atoms with Crippen LogP contribution in [0, 0.1) is 12.8 Å². The van der Waals surface area contributed by atoms with Crippen molar-refractivity contribution >= 4 is 23.1 Å². The molecule has 1 N–H and O–H groups in total. The zero-order chi connectivity index (χ0) is 24.7. The summed E-state index contributed by atoms with van der Waals surface area (Å²) in [4.78, 5) is 33.4. The first-order valence-electron chi connectivity index (χ1n) is 11.5. The molecule has 0 aliphatic carbocycles. The quantitative estimate of drug-likeness (QED) is 0.520. The number of nitrogens with one attached hydrogen (secondary N) is 1. The molecule has 5 rings (SSSR count). The molecule has 0 radical (unpaired) electrons. The lowest BCUT2D eigenvalue weighted by atomic mass is 9.74. The molecule has 3 aromatic rings. The first-order chi connectivity index (χ1) is 16.8. The number of carbonyl (C=O) groups excluding carboxylic acids is 2. The molecule has 2 aliphatic heterocycles. The molecule has 0 saturated carbocycles. The fraction of sp³-hybridized carbons (Fsp3) is 0.250. The number of anilines is 1. The summed E-state index contributed by atoms with van der Waals surface area (Å²) in [7, 11) is 1.55. The van der Waals surface area contributed by atoms with Crippen molar-refractivity contribution in [1.82, 2.24) is 0 Å². The van der Waals surface area contributed by atoms with Gasteiger partial charge in [0, 0.05) is 22.4 Å². The van der Waals surface area contributed by atoms with Crippen molar-refractivity contribution < 1.29 is 23.9 Å². The third-order valence-electron chi connectivity index (χ3n) is 6.30. The molecular weight excluding hydrogens is 444 g/mol. The summed E-state index contributed by atoms with van der Waals surface area (Å²) in [6, 6.07) is 19.8. The number of ketones is 1. The summed E-state index contributed by atoms with van der Waals surface area (Å²) in [5.41, 5.74) is 2.06. The number of carbonyl (C=O) groups is 2. The van der Waals surface area contributed by atoms with Gasteiger partial charge in [-0.1, -0.05) is 53.2 Å². The molecule has 3 aromatic carbocycles. The Morgan fingerprint density at radius 1 is 1.06 bits per heavy atom. The van der Waals surface area contributed by atoms with Crippen LogP contribution in [0.5, 0.6) is 11.5 Å². The number of oxime groups is 1. The van der Waals surface area contributed by atoms with Crippen LogP contribution in [-0.2, 0) is 15.2 Å². The number of para-hydroxylation sites is 1. The number of nitrogens with zero attached hydrogens (tertiary/aromatic N) is 1. The Bertz CT molecular complexity index is 1350.